The van der Waals surface area contributed by atoms with E-state index in [9.17, 15) is 4.79 Å². The third-order valence-corrected chi connectivity index (χ3v) is 2.81. The van der Waals surface area contributed by atoms with Crippen LogP contribution < -0.4 is 10.1 Å². The monoisotopic (exact) mass is 285 g/mol. The standard InChI is InChI=1S/C12H16BrNO2/c1-3-4-5-12(15)14-9-6-7-11(16-2)10(13)8-9/h6-8H,3-5H2,1-2H3,(H,14,15). The molecule has 0 radical (unpaired) electrons. The van der Waals surface area contributed by atoms with Gasteiger partial charge >= 0.3 is 0 Å². The lowest BCUT2D eigenvalue weighted by Gasteiger charge is -2.07. The van der Waals surface area contributed by atoms with Crippen LogP contribution in [0.2, 0.25) is 0 Å². The van der Waals surface area contributed by atoms with E-state index in [1.165, 1.54) is 0 Å². The van der Waals surface area contributed by atoms with Crippen molar-refractivity contribution in [3.63, 3.8) is 0 Å². The van der Waals surface area contributed by atoms with Crippen LogP contribution in [-0.2, 0) is 4.79 Å². The maximum absolute atomic E-state index is 11.5. The van der Waals surface area contributed by atoms with Crippen molar-refractivity contribution in [2.45, 2.75) is 26.2 Å². The molecule has 1 aromatic carbocycles. The smallest absolute Gasteiger partial charge is 0.224 e. The molecule has 16 heavy (non-hydrogen) atoms. The summed E-state index contributed by atoms with van der Waals surface area (Å²) in [6.07, 6.45) is 2.52. The highest BCUT2D eigenvalue weighted by Crippen LogP contribution is 2.27. The fourth-order valence-corrected chi connectivity index (χ4v) is 1.85. The molecule has 0 heterocycles. The maximum Gasteiger partial charge on any atom is 0.224 e. The fourth-order valence-electron chi connectivity index (χ4n) is 1.30. The third kappa shape index (κ3) is 3.85. The number of benzene rings is 1. The number of ether oxygens (including phenoxy) is 1. The number of hydrogen-bond donors (Lipinski definition) is 1. The molecule has 0 aliphatic heterocycles. The molecule has 1 aromatic rings. The van der Waals surface area contributed by atoms with Gasteiger partial charge < -0.3 is 10.1 Å². The van der Waals surface area contributed by atoms with Crippen molar-refractivity contribution < 1.29 is 9.53 Å². The highest BCUT2D eigenvalue weighted by Gasteiger charge is 2.04. The van der Waals surface area contributed by atoms with Crippen LogP contribution in [0.5, 0.6) is 5.75 Å². The summed E-state index contributed by atoms with van der Waals surface area (Å²) in [5, 5.41) is 2.84. The second-order valence-electron chi connectivity index (χ2n) is 3.50. The van der Waals surface area contributed by atoms with Crippen molar-refractivity contribution in [3.8, 4) is 5.75 Å². The summed E-state index contributed by atoms with van der Waals surface area (Å²) >= 11 is 3.37. The summed E-state index contributed by atoms with van der Waals surface area (Å²) in [6, 6.07) is 5.48. The van der Waals surface area contributed by atoms with Crippen molar-refractivity contribution in [2.75, 3.05) is 12.4 Å². The Kier molecular flexibility index (Phi) is 5.32. The van der Waals surface area contributed by atoms with Crippen LogP contribution in [0, 0.1) is 0 Å². The summed E-state index contributed by atoms with van der Waals surface area (Å²) in [5.74, 6) is 0.811. The second-order valence-corrected chi connectivity index (χ2v) is 4.36. The first-order valence-corrected chi connectivity index (χ1v) is 6.10. The second kappa shape index (κ2) is 6.53. The van der Waals surface area contributed by atoms with Gasteiger partial charge in [-0.3, -0.25) is 4.79 Å². The zero-order chi connectivity index (χ0) is 12.0. The molecule has 0 unspecified atom stereocenters. The van der Waals surface area contributed by atoms with Gasteiger partial charge in [-0.2, -0.15) is 0 Å². The van der Waals surface area contributed by atoms with Gasteiger partial charge in [0, 0.05) is 12.1 Å². The van der Waals surface area contributed by atoms with Gasteiger partial charge in [0.15, 0.2) is 0 Å². The van der Waals surface area contributed by atoms with E-state index in [0.29, 0.717) is 6.42 Å². The lowest BCUT2D eigenvalue weighted by atomic mass is 10.2. The average Bonchev–Trinajstić information content (AvgIpc) is 2.26. The van der Waals surface area contributed by atoms with Crippen molar-refractivity contribution in [3.05, 3.63) is 22.7 Å². The molecule has 0 saturated carbocycles. The van der Waals surface area contributed by atoms with Gasteiger partial charge in [0.25, 0.3) is 0 Å². The molecule has 1 N–H and O–H groups in total. The van der Waals surface area contributed by atoms with Crippen LogP contribution in [-0.4, -0.2) is 13.0 Å². The lowest BCUT2D eigenvalue weighted by molar-refractivity contribution is -0.116. The highest BCUT2D eigenvalue weighted by atomic mass is 79.9. The Morgan fingerprint density at radius 2 is 2.25 bits per heavy atom. The van der Waals surface area contributed by atoms with Crippen LogP contribution in [0.1, 0.15) is 26.2 Å². The highest BCUT2D eigenvalue weighted by molar-refractivity contribution is 9.10. The van der Waals surface area contributed by atoms with Crippen LogP contribution in [0.25, 0.3) is 0 Å². The SMILES string of the molecule is CCCCC(=O)Nc1ccc(OC)c(Br)c1. The summed E-state index contributed by atoms with van der Waals surface area (Å²) in [7, 11) is 1.61. The van der Waals surface area contributed by atoms with Gasteiger partial charge in [-0.15, -0.1) is 0 Å². The van der Waals surface area contributed by atoms with Gasteiger partial charge in [-0.1, -0.05) is 13.3 Å². The molecule has 0 bridgehead atoms. The van der Waals surface area contributed by atoms with E-state index in [0.717, 1.165) is 28.8 Å². The van der Waals surface area contributed by atoms with E-state index in [4.69, 9.17) is 4.74 Å². The van der Waals surface area contributed by atoms with Crippen molar-refractivity contribution in [1.82, 2.24) is 0 Å². The molecule has 0 aliphatic carbocycles. The number of unbranched alkanes of at least 4 members (excludes halogenated alkanes) is 1. The minimum Gasteiger partial charge on any atom is -0.496 e. The Hall–Kier alpha value is -1.03. The van der Waals surface area contributed by atoms with Crippen LogP contribution in [0.15, 0.2) is 22.7 Å². The number of anilines is 1. The maximum atomic E-state index is 11.5. The van der Waals surface area contributed by atoms with Crippen LogP contribution in [0.4, 0.5) is 5.69 Å². The first-order valence-electron chi connectivity index (χ1n) is 5.30. The largest absolute Gasteiger partial charge is 0.496 e. The number of carbonyl (C=O) groups is 1. The number of halogens is 1. The number of methoxy groups -OCH3 is 1. The van der Waals surface area contributed by atoms with E-state index in [-0.39, 0.29) is 5.91 Å². The molecular weight excluding hydrogens is 270 g/mol. The molecule has 4 heteroatoms. The number of rotatable bonds is 5. The topological polar surface area (TPSA) is 38.3 Å². The minimum atomic E-state index is 0.0546. The van der Waals surface area contributed by atoms with Gasteiger partial charge in [0.05, 0.1) is 11.6 Å². The van der Waals surface area contributed by atoms with Crippen molar-refractivity contribution >= 4 is 27.5 Å². The van der Waals surface area contributed by atoms with E-state index < -0.39 is 0 Å². The molecule has 3 nitrogen and oxygen atoms in total. The normalized spacial score (nSPS) is 9.94. The van der Waals surface area contributed by atoms with E-state index in [1.807, 2.05) is 18.2 Å². The molecule has 0 atom stereocenters. The van der Waals surface area contributed by atoms with E-state index in [1.54, 1.807) is 7.11 Å². The molecule has 0 fully saturated rings. The third-order valence-electron chi connectivity index (χ3n) is 2.19. The quantitative estimate of drug-likeness (QED) is 0.898. The Morgan fingerprint density at radius 1 is 1.50 bits per heavy atom. The molecular formula is C12H16BrNO2. The van der Waals surface area contributed by atoms with Crippen LogP contribution in [0.3, 0.4) is 0 Å². The van der Waals surface area contributed by atoms with E-state index >= 15 is 0 Å². The predicted octanol–water partition coefficient (Wildman–Crippen LogP) is 3.59. The molecule has 1 rings (SSSR count). The molecule has 0 aromatic heterocycles. The Morgan fingerprint density at radius 3 is 2.81 bits per heavy atom. The number of carbonyl (C=O) groups excluding carboxylic acids is 1. The number of hydrogen-bond acceptors (Lipinski definition) is 2. The lowest BCUT2D eigenvalue weighted by Crippen LogP contribution is -2.10. The zero-order valence-electron chi connectivity index (χ0n) is 9.55. The molecule has 0 aliphatic rings. The summed E-state index contributed by atoms with van der Waals surface area (Å²) in [6.45, 7) is 2.07. The number of amides is 1. The van der Waals surface area contributed by atoms with Crippen molar-refractivity contribution in [2.24, 2.45) is 0 Å². The fraction of sp³-hybridized carbons (Fsp3) is 0.417. The first-order chi connectivity index (χ1) is 7.67. The van der Waals surface area contributed by atoms with Gasteiger partial charge in [0.1, 0.15) is 5.75 Å². The Balaban J connectivity index is 2.61. The summed E-state index contributed by atoms with van der Waals surface area (Å²) in [4.78, 5) is 11.5. The molecule has 88 valence electrons. The van der Waals surface area contributed by atoms with Crippen LogP contribution >= 0.6 is 15.9 Å². The van der Waals surface area contributed by atoms with Crippen molar-refractivity contribution in [1.29, 1.82) is 0 Å². The summed E-state index contributed by atoms with van der Waals surface area (Å²) in [5.41, 5.74) is 0.786. The first kappa shape index (κ1) is 13.0. The van der Waals surface area contributed by atoms with Gasteiger partial charge in [-0.25, -0.2) is 0 Å². The summed E-state index contributed by atoms with van der Waals surface area (Å²) < 4.78 is 5.95. The van der Waals surface area contributed by atoms with E-state index in [2.05, 4.69) is 28.2 Å². The van der Waals surface area contributed by atoms with Gasteiger partial charge in [0.2, 0.25) is 5.91 Å². The van der Waals surface area contributed by atoms with Gasteiger partial charge in [-0.05, 0) is 40.5 Å². The molecule has 1 amide bonds. The Bertz CT molecular complexity index is 366. The average molecular weight is 286 g/mol. The molecule has 0 spiro atoms. The Labute approximate surface area is 104 Å². The predicted molar refractivity (Wildman–Crippen MR) is 68.8 cm³/mol. The minimum absolute atomic E-state index is 0.0546. The molecule has 0 saturated heterocycles. The zero-order valence-corrected chi connectivity index (χ0v) is 11.1. The number of nitrogens with one attached hydrogen (secondary N) is 1.